The topological polar surface area (TPSA) is 50.9 Å². The Labute approximate surface area is 316 Å². The summed E-state index contributed by atoms with van der Waals surface area (Å²) in [6, 6.07) is 45.5. The number of aromatic hydroxyl groups is 1. The van der Waals surface area contributed by atoms with Crippen molar-refractivity contribution in [2.24, 2.45) is 0 Å². The largest absolute Gasteiger partial charge is 0.507 e. The number of hydrogen-bond acceptors (Lipinski definition) is 3. The van der Waals surface area contributed by atoms with Crippen molar-refractivity contribution in [2.45, 2.75) is 65.2 Å². The number of imidazole rings is 1. The monoisotopic (exact) mass is 849 g/mol. The number of hydrogen-bond donors (Lipinski definition) is 1. The molecule has 5 aromatic carbocycles. The van der Waals surface area contributed by atoms with Crippen LogP contribution in [-0.2, 0) is 31.9 Å². The van der Waals surface area contributed by atoms with Crippen molar-refractivity contribution in [1.29, 1.82) is 0 Å². The molecule has 0 radical (unpaired) electrons. The minimum atomic E-state index is -0.468. The fourth-order valence-corrected chi connectivity index (χ4v) is 6.79. The van der Waals surface area contributed by atoms with Crippen LogP contribution in [-0.4, -0.2) is 19.6 Å². The van der Waals surface area contributed by atoms with Crippen LogP contribution in [0.1, 0.15) is 76.6 Å². The number of benzene rings is 5. The predicted octanol–water partition coefficient (Wildman–Crippen LogP) is 11.7. The Morgan fingerprint density at radius 3 is 2.00 bits per heavy atom. The second kappa shape index (κ2) is 14.1. The summed E-state index contributed by atoms with van der Waals surface area (Å²) in [7, 11) is 0. The third kappa shape index (κ3) is 6.82. The summed E-state index contributed by atoms with van der Waals surface area (Å²) in [4.78, 5) is 10.1. The summed E-state index contributed by atoms with van der Waals surface area (Å²) in [5.41, 5.74) is 11.0. The normalized spacial score (nSPS) is 11.9. The maximum atomic E-state index is 12.4. The number of para-hydroxylation sites is 2. The van der Waals surface area contributed by atoms with Crippen molar-refractivity contribution in [3.8, 4) is 45.2 Å². The summed E-state index contributed by atoms with van der Waals surface area (Å²) in [6.45, 7) is 15.4. The van der Waals surface area contributed by atoms with Gasteiger partial charge in [0.05, 0.1) is 16.6 Å². The molecule has 2 heterocycles. The molecule has 51 heavy (non-hydrogen) atoms. The Kier molecular flexibility index (Phi) is 9.94. The van der Waals surface area contributed by atoms with E-state index in [1.165, 1.54) is 5.56 Å². The van der Waals surface area contributed by atoms with Gasteiger partial charge in [-0.3, -0.25) is 9.55 Å². The smallest absolute Gasteiger partial charge is 0.148 e. The number of phenols is 1. The van der Waals surface area contributed by atoms with Crippen LogP contribution in [0.4, 0.5) is 0 Å². The van der Waals surface area contributed by atoms with E-state index in [1.807, 2.05) is 48.7 Å². The van der Waals surface area contributed by atoms with E-state index in [0.29, 0.717) is 17.3 Å². The SMILES string of the molecule is CC(C)c1cc(-c2ccccn2)[c-]c(-c2cccc3c2nc(-c2cc(C(C)(C)C)cc(C(C)(C)c4ccccc4)c2O)n3-c2ccccc2)c1.[Pt]. The molecular formula is C46H44N3OPt-. The summed E-state index contributed by atoms with van der Waals surface area (Å²) in [6.07, 6.45) is 1.82. The minimum absolute atomic E-state index is 0. The Balaban J connectivity index is 0.00000448. The van der Waals surface area contributed by atoms with E-state index in [-0.39, 0.29) is 32.2 Å². The van der Waals surface area contributed by atoms with Crippen LogP contribution in [0.25, 0.3) is 50.5 Å². The van der Waals surface area contributed by atoms with E-state index in [0.717, 1.165) is 55.8 Å². The van der Waals surface area contributed by atoms with Crippen molar-refractivity contribution in [1.82, 2.24) is 14.5 Å². The van der Waals surface area contributed by atoms with Gasteiger partial charge in [0.2, 0.25) is 0 Å². The molecular weight excluding hydrogens is 806 g/mol. The standard InChI is InChI=1S/C46H44N3O.Pt/c1-30(2)31-25-32(27-33(26-31)40-22-14-15-24-47-40)37-21-16-23-41-42(37)48-44(49(41)36-19-12-9-13-20-36)38-28-35(45(3,4)5)29-39(43(38)50)46(6,7)34-17-10-8-11-18-34;/h8-26,28-30,50H,1-7H3;/q-1;. The molecule has 5 heteroatoms. The first kappa shape index (κ1) is 36.0. The van der Waals surface area contributed by atoms with Crippen LogP contribution in [0.3, 0.4) is 0 Å². The molecule has 0 atom stereocenters. The van der Waals surface area contributed by atoms with Gasteiger partial charge in [-0.25, -0.2) is 4.98 Å². The first-order valence-corrected chi connectivity index (χ1v) is 17.4. The zero-order chi connectivity index (χ0) is 35.2. The fraction of sp³-hybridized carbons (Fsp3) is 0.217. The van der Waals surface area contributed by atoms with E-state index in [9.17, 15) is 5.11 Å². The predicted molar refractivity (Wildman–Crippen MR) is 207 cm³/mol. The Morgan fingerprint density at radius 1 is 0.686 bits per heavy atom. The number of phenolic OH excluding ortho intramolecular Hbond substituents is 1. The van der Waals surface area contributed by atoms with E-state index in [4.69, 9.17) is 4.98 Å². The van der Waals surface area contributed by atoms with Crippen LogP contribution >= 0.6 is 0 Å². The van der Waals surface area contributed by atoms with E-state index in [2.05, 4.69) is 143 Å². The Morgan fingerprint density at radius 2 is 1.35 bits per heavy atom. The second-order valence-electron chi connectivity index (χ2n) is 15.1. The maximum absolute atomic E-state index is 12.4. The number of pyridine rings is 1. The van der Waals surface area contributed by atoms with Gasteiger partial charge < -0.3 is 5.11 Å². The number of rotatable bonds is 7. The van der Waals surface area contributed by atoms with Crippen LogP contribution in [0.15, 0.2) is 128 Å². The summed E-state index contributed by atoms with van der Waals surface area (Å²) < 4.78 is 2.19. The van der Waals surface area contributed by atoms with Crippen molar-refractivity contribution in [2.75, 3.05) is 0 Å². The summed E-state index contributed by atoms with van der Waals surface area (Å²) >= 11 is 0. The van der Waals surface area contributed by atoms with Crippen LogP contribution in [0, 0.1) is 6.07 Å². The minimum Gasteiger partial charge on any atom is -0.507 e. The van der Waals surface area contributed by atoms with Gasteiger partial charge in [-0.15, -0.1) is 29.3 Å². The van der Waals surface area contributed by atoms with Gasteiger partial charge in [-0.05, 0) is 52.8 Å². The third-order valence-corrected chi connectivity index (χ3v) is 9.87. The molecule has 0 aliphatic rings. The second-order valence-corrected chi connectivity index (χ2v) is 15.1. The molecule has 0 fully saturated rings. The Hall–Kier alpha value is -4.79. The van der Waals surface area contributed by atoms with E-state index in [1.54, 1.807) is 0 Å². The molecule has 0 unspecified atom stereocenters. The van der Waals surface area contributed by atoms with Crippen LogP contribution < -0.4 is 0 Å². The summed E-state index contributed by atoms with van der Waals surface area (Å²) in [5, 5.41) is 12.4. The molecule has 4 nitrogen and oxygen atoms in total. The molecule has 0 aliphatic carbocycles. The molecule has 0 bridgehead atoms. The van der Waals surface area contributed by atoms with Gasteiger partial charge in [-0.2, -0.15) is 0 Å². The molecule has 7 aromatic rings. The molecule has 7 rings (SSSR count). The van der Waals surface area contributed by atoms with Gasteiger partial charge in [0.1, 0.15) is 11.6 Å². The van der Waals surface area contributed by atoms with E-state index >= 15 is 0 Å². The zero-order valence-electron chi connectivity index (χ0n) is 30.3. The van der Waals surface area contributed by atoms with Crippen molar-refractivity contribution >= 4 is 11.0 Å². The van der Waals surface area contributed by atoms with E-state index < -0.39 is 5.41 Å². The van der Waals surface area contributed by atoms with Crippen molar-refractivity contribution < 1.29 is 26.2 Å². The van der Waals surface area contributed by atoms with Gasteiger partial charge in [-0.1, -0.05) is 138 Å². The molecule has 0 saturated heterocycles. The molecule has 1 N–H and O–H groups in total. The van der Waals surface area contributed by atoms with Gasteiger partial charge in [0, 0.05) is 49.6 Å². The molecule has 0 aliphatic heterocycles. The number of nitrogens with zero attached hydrogens (tertiary/aromatic N) is 3. The Bertz CT molecular complexity index is 2300. The first-order chi connectivity index (χ1) is 23.9. The van der Waals surface area contributed by atoms with Gasteiger partial charge in [0.25, 0.3) is 0 Å². The van der Waals surface area contributed by atoms with Gasteiger partial charge in [0.15, 0.2) is 0 Å². The quantitative estimate of drug-likeness (QED) is 0.163. The molecule has 2 aromatic heterocycles. The van der Waals surface area contributed by atoms with Crippen molar-refractivity contribution in [3.05, 3.63) is 156 Å². The maximum Gasteiger partial charge on any atom is 0.148 e. The van der Waals surface area contributed by atoms with Gasteiger partial charge >= 0.3 is 0 Å². The zero-order valence-corrected chi connectivity index (χ0v) is 32.6. The van der Waals surface area contributed by atoms with Crippen LogP contribution in [0.5, 0.6) is 5.75 Å². The fourth-order valence-electron chi connectivity index (χ4n) is 6.79. The average Bonchev–Trinajstić information content (AvgIpc) is 3.51. The van der Waals surface area contributed by atoms with Crippen molar-refractivity contribution in [3.63, 3.8) is 0 Å². The molecule has 260 valence electrons. The molecule has 0 saturated carbocycles. The summed E-state index contributed by atoms with van der Waals surface area (Å²) in [5.74, 6) is 1.25. The third-order valence-electron chi connectivity index (χ3n) is 9.87. The van der Waals surface area contributed by atoms with Crippen LogP contribution in [0.2, 0.25) is 0 Å². The molecule has 0 spiro atoms. The molecule has 0 amide bonds. The number of fused-ring (bicyclic) bond motifs is 1. The first-order valence-electron chi connectivity index (χ1n) is 17.4. The number of aromatic nitrogens is 3. The average molecular weight is 850 g/mol.